The van der Waals surface area contributed by atoms with E-state index in [4.69, 9.17) is 0 Å². The number of nitrogens with one attached hydrogen (secondary N) is 2. The number of carbonyl (C=O) groups is 4. The quantitative estimate of drug-likeness (QED) is 0.656. The van der Waals surface area contributed by atoms with Crippen molar-refractivity contribution in [2.45, 2.75) is 51.1 Å². The molecular weight excluding hydrogens is 406 g/mol. The monoisotopic (exact) mass is 433 g/mol. The Morgan fingerprint density at radius 3 is 2.38 bits per heavy atom. The van der Waals surface area contributed by atoms with E-state index in [9.17, 15) is 19.2 Å². The second-order valence-electron chi connectivity index (χ2n) is 8.35. The van der Waals surface area contributed by atoms with E-state index in [1.165, 1.54) is 29.5 Å². The zero-order valence-corrected chi connectivity index (χ0v) is 17.9. The number of amides is 4. The van der Waals surface area contributed by atoms with Gasteiger partial charge in [-0.15, -0.1) is 0 Å². The van der Waals surface area contributed by atoms with Gasteiger partial charge in [0.2, 0.25) is 5.91 Å². The molecule has 0 saturated heterocycles. The molecule has 1 heterocycles. The molecule has 0 radical (unpaired) electrons. The first-order chi connectivity index (χ1) is 15.5. The summed E-state index contributed by atoms with van der Waals surface area (Å²) in [6.45, 7) is 0.395. The topological polar surface area (TPSA) is 95.6 Å². The highest BCUT2D eigenvalue weighted by Gasteiger charge is 2.36. The number of imide groups is 1. The molecule has 0 spiro atoms. The highest BCUT2D eigenvalue weighted by atomic mass is 16.2. The highest BCUT2D eigenvalue weighted by Crippen LogP contribution is 2.25. The van der Waals surface area contributed by atoms with E-state index in [-0.39, 0.29) is 48.8 Å². The molecule has 32 heavy (non-hydrogen) atoms. The fraction of sp³-hybridized carbons (Fsp3) is 0.360. The molecule has 2 aromatic rings. The summed E-state index contributed by atoms with van der Waals surface area (Å²) >= 11 is 0. The minimum absolute atomic E-state index is 0.0662. The van der Waals surface area contributed by atoms with Gasteiger partial charge in [0, 0.05) is 24.6 Å². The molecule has 1 aliphatic heterocycles. The third-order valence-electron chi connectivity index (χ3n) is 6.02. The Bertz CT molecular complexity index is 1030. The lowest BCUT2D eigenvalue weighted by Crippen LogP contribution is -2.38. The molecular formula is C25H27N3O4. The van der Waals surface area contributed by atoms with Gasteiger partial charge in [-0.1, -0.05) is 49.6 Å². The van der Waals surface area contributed by atoms with Crippen LogP contribution in [0.3, 0.4) is 0 Å². The lowest BCUT2D eigenvalue weighted by molar-refractivity contribution is -0.121. The summed E-state index contributed by atoms with van der Waals surface area (Å²) in [5.74, 6) is -1.21. The van der Waals surface area contributed by atoms with Crippen LogP contribution in [0.25, 0.3) is 0 Å². The minimum atomic E-state index is -0.407. The highest BCUT2D eigenvalue weighted by molar-refractivity contribution is 6.22. The van der Waals surface area contributed by atoms with E-state index in [1.807, 2.05) is 30.3 Å². The molecule has 0 bridgehead atoms. The van der Waals surface area contributed by atoms with Crippen LogP contribution >= 0.6 is 0 Å². The number of benzene rings is 2. The molecule has 2 N–H and O–H groups in total. The van der Waals surface area contributed by atoms with Gasteiger partial charge in [0.15, 0.2) is 0 Å². The zero-order chi connectivity index (χ0) is 22.5. The van der Waals surface area contributed by atoms with Crippen LogP contribution in [0, 0.1) is 0 Å². The zero-order valence-electron chi connectivity index (χ0n) is 17.9. The summed E-state index contributed by atoms with van der Waals surface area (Å²) in [6, 6.07) is 14.0. The number of rotatable bonds is 7. The van der Waals surface area contributed by atoms with Crippen LogP contribution in [0.1, 0.15) is 75.2 Å². The molecule has 1 fully saturated rings. The first-order valence-corrected chi connectivity index (χ1v) is 11.1. The average Bonchev–Trinajstić information content (AvgIpc) is 3.04. The van der Waals surface area contributed by atoms with Crippen LogP contribution < -0.4 is 10.6 Å². The van der Waals surface area contributed by atoms with E-state index >= 15 is 0 Å². The molecule has 166 valence electrons. The normalized spacial score (nSPS) is 16.1. The van der Waals surface area contributed by atoms with E-state index in [2.05, 4.69) is 10.6 Å². The van der Waals surface area contributed by atoms with Gasteiger partial charge >= 0.3 is 0 Å². The van der Waals surface area contributed by atoms with E-state index < -0.39 is 5.91 Å². The molecule has 7 heteroatoms. The van der Waals surface area contributed by atoms with Crippen molar-refractivity contribution >= 4 is 23.6 Å². The van der Waals surface area contributed by atoms with Gasteiger partial charge in [-0.3, -0.25) is 24.1 Å². The fourth-order valence-electron chi connectivity index (χ4n) is 4.28. The summed E-state index contributed by atoms with van der Waals surface area (Å²) < 4.78 is 0. The van der Waals surface area contributed by atoms with Crippen molar-refractivity contribution in [1.29, 1.82) is 0 Å². The predicted molar refractivity (Wildman–Crippen MR) is 119 cm³/mol. The van der Waals surface area contributed by atoms with Crippen molar-refractivity contribution in [2.24, 2.45) is 0 Å². The Hall–Kier alpha value is -3.48. The van der Waals surface area contributed by atoms with Crippen molar-refractivity contribution in [3.63, 3.8) is 0 Å². The van der Waals surface area contributed by atoms with E-state index in [0.717, 1.165) is 31.2 Å². The third-order valence-corrected chi connectivity index (χ3v) is 6.02. The Labute approximate surface area is 187 Å². The van der Waals surface area contributed by atoms with Gasteiger partial charge in [-0.25, -0.2) is 0 Å². The summed E-state index contributed by atoms with van der Waals surface area (Å²) in [5.41, 5.74) is 1.67. The average molecular weight is 434 g/mol. The summed E-state index contributed by atoms with van der Waals surface area (Å²) in [5, 5.41) is 5.75. The molecule has 0 aromatic heterocycles. The SMILES string of the molecule is O=C(CCNC(=O)c1ccc2c(c1)C(=O)N(Cc1ccccc1)C2=O)NC1CCCCC1. The number of hydrogen-bond donors (Lipinski definition) is 2. The first kappa shape index (κ1) is 21.7. The van der Waals surface area contributed by atoms with Crippen molar-refractivity contribution in [3.05, 3.63) is 70.8 Å². The second-order valence-corrected chi connectivity index (χ2v) is 8.35. The fourth-order valence-corrected chi connectivity index (χ4v) is 4.28. The molecule has 2 aromatic carbocycles. The van der Waals surface area contributed by atoms with Crippen molar-refractivity contribution < 1.29 is 19.2 Å². The molecule has 7 nitrogen and oxygen atoms in total. The van der Waals surface area contributed by atoms with Gasteiger partial charge < -0.3 is 10.6 Å². The predicted octanol–water partition coefficient (Wildman–Crippen LogP) is 3.05. The van der Waals surface area contributed by atoms with Crippen LogP contribution in [0.2, 0.25) is 0 Å². The van der Waals surface area contributed by atoms with E-state index in [0.29, 0.717) is 11.1 Å². The molecule has 0 unspecified atom stereocenters. The molecule has 4 amide bonds. The molecule has 2 aliphatic rings. The largest absolute Gasteiger partial charge is 0.353 e. The Kier molecular flexibility index (Phi) is 6.63. The summed E-state index contributed by atoms with van der Waals surface area (Å²) in [6.07, 6.45) is 5.74. The summed E-state index contributed by atoms with van der Waals surface area (Å²) in [4.78, 5) is 51.3. The maximum absolute atomic E-state index is 12.8. The number of nitrogens with zero attached hydrogens (tertiary/aromatic N) is 1. The van der Waals surface area contributed by atoms with Gasteiger partial charge in [-0.2, -0.15) is 0 Å². The van der Waals surface area contributed by atoms with Crippen molar-refractivity contribution in [2.75, 3.05) is 6.54 Å². The molecule has 1 aliphatic carbocycles. The second kappa shape index (κ2) is 9.77. The minimum Gasteiger partial charge on any atom is -0.353 e. The van der Waals surface area contributed by atoms with Crippen LogP contribution in [-0.4, -0.2) is 41.1 Å². The Morgan fingerprint density at radius 1 is 0.906 bits per heavy atom. The van der Waals surface area contributed by atoms with Crippen molar-refractivity contribution in [3.8, 4) is 0 Å². The van der Waals surface area contributed by atoms with E-state index in [1.54, 1.807) is 0 Å². The number of carbonyl (C=O) groups excluding carboxylic acids is 4. The van der Waals surface area contributed by atoms with Crippen LogP contribution in [0.15, 0.2) is 48.5 Å². The van der Waals surface area contributed by atoms with Gasteiger partial charge in [0.05, 0.1) is 17.7 Å². The molecule has 0 atom stereocenters. The third kappa shape index (κ3) is 4.88. The molecule has 1 saturated carbocycles. The van der Waals surface area contributed by atoms with Crippen LogP contribution in [0.4, 0.5) is 0 Å². The number of fused-ring (bicyclic) bond motifs is 1. The smallest absolute Gasteiger partial charge is 0.261 e. The maximum Gasteiger partial charge on any atom is 0.261 e. The maximum atomic E-state index is 12.8. The first-order valence-electron chi connectivity index (χ1n) is 11.1. The lowest BCUT2D eigenvalue weighted by Gasteiger charge is -2.22. The summed E-state index contributed by atoms with van der Waals surface area (Å²) in [7, 11) is 0. The molecule has 4 rings (SSSR count). The lowest BCUT2D eigenvalue weighted by atomic mass is 9.95. The van der Waals surface area contributed by atoms with Gasteiger partial charge in [0.25, 0.3) is 17.7 Å². The number of hydrogen-bond acceptors (Lipinski definition) is 4. The Balaban J connectivity index is 1.33. The van der Waals surface area contributed by atoms with Crippen LogP contribution in [0.5, 0.6) is 0 Å². The Morgan fingerprint density at radius 2 is 1.62 bits per heavy atom. The van der Waals surface area contributed by atoms with Gasteiger partial charge in [-0.05, 0) is 36.6 Å². The van der Waals surface area contributed by atoms with Gasteiger partial charge in [0.1, 0.15) is 0 Å². The van der Waals surface area contributed by atoms with Crippen LogP contribution in [-0.2, 0) is 11.3 Å². The standard InChI is InChI=1S/C25H27N3O4/c29-22(27-19-9-5-2-6-10-19)13-14-26-23(30)18-11-12-20-21(15-18)25(32)28(24(20)31)16-17-7-3-1-4-8-17/h1,3-4,7-8,11-12,15,19H,2,5-6,9-10,13-14,16H2,(H,26,30)(H,27,29). The van der Waals surface area contributed by atoms with Crippen molar-refractivity contribution in [1.82, 2.24) is 15.5 Å².